The first-order valence-electron chi connectivity index (χ1n) is 8.72. The van der Waals surface area contributed by atoms with Crippen molar-refractivity contribution in [1.82, 2.24) is 9.55 Å². The van der Waals surface area contributed by atoms with E-state index in [2.05, 4.69) is 10.3 Å². The number of anilines is 1. The first-order valence-corrected chi connectivity index (χ1v) is 9.71. The van der Waals surface area contributed by atoms with Crippen molar-refractivity contribution in [2.45, 2.75) is 25.5 Å². The van der Waals surface area contributed by atoms with Crippen molar-refractivity contribution in [3.8, 4) is 0 Å². The number of aromatic nitrogens is 2. The molecule has 8 heteroatoms. The van der Waals surface area contributed by atoms with Crippen LogP contribution in [0.2, 0.25) is 0 Å². The molecule has 146 valence electrons. The maximum Gasteiger partial charge on any atom is 0.262 e. The fourth-order valence-electron chi connectivity index (χ4n) is 2.69. The van der Waals surface area contributed by atoms with Gasteiger partial charge in [-0.15, -0.1) is 0 Å². The highest BCUT2D eigenvalue weighted by atomic mass is 32.2. The van der Waals surface area contributed by atoms with Gasteiger partial charge in [0.15, 0.2) is 5.16 Å². The van der Waals surface area contributed by atoms with Gasteiger partial charge in [0.1, 0.15) is 11.6 Å². The van der Waals surface area contributed by atoms with Crippen LogP contribution in [0.15, 0.2) is 52.4 Å². The van der Waals surface area contributed by atoms with Crippen molar-refractivity contribution in [3.05, 3.63) is 64.5 Å². The summed E-state index contributed by atoms with van der Waals surface area (Å²) in [6.45, 7) is 4.42. The molecule has 1 N–H and O–H groups in total. The monoisotopic (exact) mass is 403 g/mol. The maximum atomic E-state index is 13.7. The number of para-hydroxylation sites is 1. The second-order valence-electron chi connectivity index (χ2n) is 6.68. The minimum atomic E-state index is -0.722. The van der Waals surface area contributed by atoms with E-state index < -0.39 is 17.5 Å². The molecule has 1 aromatic heterocycles. The molecule has 1 amide bonds. The van der Waals surface area contributed by atoms with Crippen LogP contribution in [0, 0.1) is 17.6 Å². The summed E-state index contributed by atoms with van der Waals surface area (Å²) < 4.78 is 28.5. The Morgan fingerprint density at radius 3 is 2.71 bits per heavy atom. The highest BCUT2D eigenvalue weighted by Gasteiger charge is 2.15. The third-order valence-electron chi connectivity index (χ3n) is 3.91. The molecule has 0 aliphatic carbocycles. The van der Waals surface area contributed by atoms with Crippen molar-refractivity contribution in [2.24, 2.45) is 5.92 Å². The van der Waals surface area contributed by atoms with Crippen LogP contribution < -0.4 is 10.9 Å². The molecule has 0 fully saturated rings. The summed E-state index contributed by atoms with van der Waals surface area (Å²) in [5, 5.41) is 3.27. The Balaban J connectivity index is 1.84. The van der Waals surface area contributed by atoms with Crippen molar-refractivity contribution in [1.29, 1.82) is 0 Å². The van der Waals surface area contributed by atoms with Gasteiger partial charge < -0.3 is 5.32 Å². The SMILES string of the molecule is CC(C)Cn1c(SCC(=O)Nc2cc(F)ccc2F)nc2ccccc2c1=O. The molecule has 0 atom stereocenters. The van der Waals surface area contributed by atoms with Gasteiger partial charge in [-0.1, -0.05) is 37.7 Å². The Bertz CT molecular complexity index is 1080. The summed E-state index contributed by atoms with van der Waals surface area (Å²) in [6, 6.07) is 9.86. The van der Waals surface area contributed by atoms with Crippen LogP contribution in [-0.2, 0) is 11.3 Å². The van der Waals surface area contributed by atoms with E-state index >= 15 is 0 Å². The summed E-state index contributed by atoms with van der Waals surface area (Å²) in [4.78, 5) is 29.5. The van der Waals surface area contributed by atoms with Gasteiger partial charge in [-0.2, -0.15) is 0 Å². The predicted octanol–water partition coefficient (Wildman–Crippen LogP) is 4.06. The number of nitrogens with zero attached hydrogens (tertiary/aromatic N) is 2. The van der Waals surface area contributed by atoms with Gasteiger partial charge in [-0.05, 0) is 30.2 Å². The van der Waals surface area contributed by atoms with Gasteiger partial charge in [-0.3, -0.25) is 14.2 Å². The van der Waals surface area contributed by atoms with E-state index in [0.717, 1.165) is 30.0 Å². The third-order valence-corrected chi connectivity index (χ3v) is 4.89. The number of benzene rings is 2. The topological polar surface area (TPSA) is 64.0 Å². The lowest BCUT2D eigenvalue weighted by atomic mass is 10.2. The number of amides is 1. The van der Waals surface area contributed by atoms with Crippen molar-refractivity contribution < 1.29 is 13.6 Å². The minimum Gasteiger partial charge on any atom is -0.323 e. The van der Waals surface area contributed by atoms with Crippen LogP contribution in [-0.4, -0.2) is 21.2 Å². The Labute approximate surface area is 164 Å². The van der Waals surface area contributed by atoms with Crippen LogP contribution in [0.3, 0.4) is 0 Å². The molecule has 0 saturated heterocycles. The molecule has 0 radical (unpaired) electrons. The number of carbonyl (C=O) groups is 1. The first-order chi connectivity index (χ1) is 13.3. The van der Waals surface area contributed by atoms with E-state index in [1.54, 1.807) is 28.8 Å². The summed E-state index contributed by atoms with van der Waals surface area (Å²) in [5.74, 6) is -1.78. The number of halogens is 2. The van der Waals surface area contributed by atoms with Crippen molar-refractivity contribution >= 4 is 34.3 Å². The molecule has 2 aromatic carbocycles. The van der Waals surface area contributed by atoms with Gasteiger partial charge in [0.25, 0.3) is 5.56 Å². The molecule has 28 heavy (non-hydrogen) atoms. The van der Waals surface area contributed by atoms with E-state index in [1.165, 1.54) is 0 Å². The Kier molecular flexibility index (Phi) is 6.08. The zero-order chi connectivity index (χ0) is 20.3. The summed E-state index contributed by atoms with van der Waals surface area (Å²) in [7, 11) is 0. The molecule has 0 spiro atoms. The molecule has 0 saturated carbocycles. The zero-order valence-electron chi connectivity index (χ0n) is 15.4. The molecule has 0 aliphatic heterocycles. The Hall–Kier alpha value is -2.74. The number of fused-ring (bicyclic) bond motifs is 1. The first kappa shape index (κ1) is 20.0. The predicted molar refractivity (Wildman–Crippen MR) is 107 cm³/mol. The third kappa shape index (κ3) is 4.56. The molecular weight excluding hydrogens is 384 g/mol. The second-order valence-corrected chi connectivity index (χ2v) is 7.62. The van der Waals surface area contributed by atoms with Crippen LogP contribution in [0.1, 0.15) is 13.8 Å². The minimum absolute atomic E-state index is 0.0984. The largest absolute Gasteiger partial charge is 0.323 e. The molecule has 3 rings (SSSR count). The van der Waals surface area contributed by atoms with Gasteiger partial charge >= 0.3 is 0 Å². The van der Waals surface area contributed by atoms with Crippen molar-refractivity contribution in [2.75, 3.05) is 11.1 Å². The zero-order valence-corrected chi connectivity index (χ0v) is 16.2. The van der Waals surface area contributed by atoms with Crippen LogP contribution in [0.5, 0.6) is 0 Å². The average molecular weight is 403 g/mol. The molecular formula is C20H19F2N3O2S. The van der Waals surface area contributed by atoms with E-state index in [0.29, 0.717) is 22.6 Å². The lowest BCUT2D eigenvalue weighted by Gasteiger charge is -2.15. The number of thioether (sulfide) groups is 1. The molecule has 0 aliphatic rings. The molecule has 0 unspecified atom stereocenters. The highest BCUT2D eigenvalue weighted by Crippen LogP contribution is 2.20. The standard InChI is InChI=1S/C20H19F2N3O2S/c1-12(2)10-25-19(27)14-5-3-4-6-16(14)24-20(25)28-11-18(26)23-17-9-13(21)7-8-15(17)22/h3-9,12H,10-11H2,1-2H3,(H,23,26). The second kappa shape index (κ2) is 8.52. The van der Waals surface area contributed by atoms with Crippen LogP contribution in [0.25, 0.3) is 10.9 Å². The number of carbonyl (C=O) groups excluding carboxylic acids is 1. The lowest BCUT2D eigenvalue weighted by Crippen LogP contribution is -2.26. The normalized spacial score (nSPS) is 11.2. The van der Waals surface area contributed by atoms with Gasteiger partial charge in [0, 0.05) is 12.6 Å². The van der Waals surface area contributed by atoms with E-state index in [9.17, 15) is 18.4 Å². The maximum absolute atomic E-state index is 13.7. The van der Waals surface area contributed by atoms with Gasteiger partial charge in [0.2, 0.25) is 5.91 Å². The van der Waals surface area contributed by atoms with Crippen LogP contribution >= 0.6 is 11.8 Å². The fraction of sp³-hybridized carbons (Fsp3) is 0.250. The average Bonchev–Trinajstić information content (AvgIpc) is 2.65. The Morgan fingerprint density at radius 2 is 1.96 bits per heavy atom. The van der Waals surface area contributed by atoms with E-state index in [1.807, 2.05) is 13.8 Å². The lowest BCUT2D eigenvalue weighted by molar-refractivity contribution is -0.113. The van der Waals surface area contributed by atoms with E-state index in [4.69, 9.17) is 0 Å². The molecule has 3 aromatic rings. The number of hydrogen-bond donors (Lipinski definition) is 1. The highest BCUT2D eigenvalue weighted by molar-refractivity contribution is 7.99. The molecule has 0 bridgehead atoms. The fourth-order valence-corrected chi connectivity index (χ4v) is 3.50. The molecule has 5 nitrogen and oxygen atoms in total. The number of nitrogens with one attached hydrogen (secondary N) is 1. The quantitative estimate of drug-likeness (QED) is 0.498. The number of rotatable bonds is 6. The van der Waals surface area contributed by atoms with E-state index in [-0.39, 0.29) is 22.9 Å². The van der Waals surface area contributed by atoms with Crippen LogP contribution in [0.4, 0.5) is 14.5 Å². The summed E-state index contributed by atoms with van der Waals surface area (Å²) in [6.07, 6.45) is 0. The summed E-state index contributed by atoms with van der Waals surface area (Å²) in [5.41, 5.74) is 0.154. The summed E-state index contributed by atoms with van der Waals surface area (Å²) >= 11 is 1.08. The number of hydrogen-bond acceptors (Lipinski definition) is 4. The molecule has 1 heterocycles. The van der Waals surface area contributed by atoms with Gasteiger partial charge in [0.05, 0.1) is 22.3 Å². The van der Waals surface area contributed by atoms with Gasteiger partial charge in [-0.25, -0.2) is 13.8 Å². The Morgan fingerprint density at radius 1 is 1.21 bits per heavy atom. The smallest absolute Gasteiger partial charge is 0.262 e. The van der Waals surface area contributed by atoms with Crippen molar-refractivity contribution in [3.63, 3.8) is 0 Å².